The van der Waals surface area contributed by atoms with Gasteiger partial charge in [-0.05, 0) is 38.1 Å². The average Bonchev–Trinajstić information content (AvgIpc) is 2.50. The molecule has 136 valence electrons. The number of hydrogen-bond donors (Lipinski definition) is 1. The molecule has 1 amide bonds. The highest BCUT2D eigenvalue weighted by atomic mass is 32.2. The van der Waals surface area contributed by atoms with Crippen LogP contribution in [0.15, 0.2) is 18.2 Å². The molecule has 1 aromatic rings. The number of nitrogens with zero attached hydrogens (tertiary/aromatic N) is 2. The van der Waals surface area contributed by atoms with Crippen LogP contribution in [0.5, 0.6) is 0 Å². The number of nitrogens with one attached hydrogen (secondary N) is 1. The van der Waals surface area contributed by atoms with Crippen molar-refractivity contribution in [1.82, 2.24) is 9.21 Å². The quantitative estimate of drug-likeness (QED) is 0.730. The zero-order valence-electron chi connectivity index (χ0n) is 15.3. The summed E-state index contributed by atoms with van der Waals surface area (Å²) >= 11 is 0. The van der Waals surface area contributed by atoms with Gasteiger partial charge in [0.25, 0.3) is 0 Å². The second kappa shape index (κ2) is 9.15. The summed E-state index contributed by atoms with van der Waals surface area (Å²) in [5.74, 6) is -0.310. The molecular weight excluding hydrogens is 326 g/mol. The lowest BCUT2D eigenvalue weighted by Gasteiger charge is -2.22. The van der Waals surface area contributed by atoms with Crippen LogP contribution in [-0.4, -0.2) is 63.5 Å². The van der Waals surface area contributed by atoms with Crippen molar-refractivity contribution in [2.24, 2.45) is 0 Å². The van der Waals surface area contributed by atoms with E-state index >= 15 is 0 Å². The van der Waals surface area contributed by atoms with Crippen molar-refractivity contribution in [2.75, 3.05) is 45.3 Å². The largest absolute Gasteiger partial charge is 0.324 e. The maximum absolute atomic E-state index is 12.4. The van der Waals surface area contributed by atoms with Gasteiger partial charge in [-0.1, -0.05) is 32.0 Å². The van der Waals surface area contributed by atoms with Crippen LogP contribution >= 0.6 is 0 Å². The molecule has 0 atom stereocenters. The molecule has 0 aromatic heterocycles. The van der Waals surface area contributed by atoms with E-state index in [1.54, 1.807) is 0 Å². The molecule has 0 fully saturated rings. The molecule has 0 radical (unpaired) electrons. The van der Waals surface area contributed by atoms with E-state index in [4.69, 9.17) is 0 Å². The monoisotopic (exact) mass is 355 g/mol. The molecule has 0 aliphatic carbocycles. The summed E-state index contributed by atoms with van der Waals surface area (Å²) < 4.78 is 25.0. The van der Waals surface area contributed by atoms with Gasteiger partial charge in [0.1, 0.15) is 0 Å². The highest BCUT2D eigenvalue weighted by Crippen LogP contribution is 2.22. The van der Waals surface area contributed by atoms with Crippen molar-refractivity contribution < 1.29 is 13.2 Å². The maximum Gasteiger partial charge on any atom is 0.239 e. The second-order valence-corrected chi connectivity index (χ2v) is 8.09. The van der Waals surface area contributed by atoms with Gasteiger partial charge in [-0.25, -0.2) is 8.42 Å². The third-order valence-electron chi connectivity index (χ3n) is 3.85. The van der Waals surface area contributed by atoms with Crippen LogP contribution in [0.1, 0.15) is 25.0 Å². The first-order chi connectivity index (χ1) is 11.2. The summed E-state index contributed by atoms with van der Waals surface area (Å²) in [6.45, 7) is 4.74. The van der Waals surface area contributed by atoms with E-state index in [0.29, 0.717) is 6.54 Å². The van der Waals surface area contributed by atoms with Crippen LogP contribution in [0.4, 0.5) is 5.69 Å². The second-order valence-electron chi connectivity index (χ2n) is 6.11. The molecule has 0 unspecified atom stereocenters. The number of sulfonamides is 1. The van der Waals surface area contributed by atoms with Gasteiger partial charge >= 0.3 is 0 Å². The van der Waals surface area contributed by atoms with Crippen LogP contribution in [0.2, 0.25) is 0 Å². The fourth-order valence-corrected chi connectivity index (χ4v) is 3.18. The normalized spacial score (nSPS) is 12.0. The van der Waals surface area contributed by atoms with E-state index in [0.717, 1.165) is 35.9 Å². The van der Waals surface area contributed by atoms with Crippen molar-refractivity contribution >= 4 is 21.6 Å². The van der Waals surface area contributed by atoms with Gasteiger partial charge < -0.3 is 10.2 Å². The van der Waals surface area contributed by atoms with E-state index in [1.807, 2.05) is 51.0 Å². The summed E-state index contributed by atoms with van der Waals surface area (Å²) in [6.07, 6.45) is 2.74. The minimum absolute atomic E-state index is 0.173. The Hall–Kier alpha value is -1.44. The number of benzene rings is 1. The molecule has 7 heteroatoms. The number of aryl methyl sites for hydroxylation is 2. The first-order valence-corrected chi connectivity index (χ1v) is 10.0. The number of likely N-dealkylation sites (N-methyl/N-ethyl adjacent to an activating group) is 1. The van der Waals surface area contributed by atoms with Crippen LogP contribution in [0, 0.1) is 0 Å². The Labute approximate surface area is 145 Å². The SMILES string of the molecule is CCc1cccc(CC)c1NC(=O)CN(CCN(C)C)S(C)(=O)=O. The first-order valence-electron chi connectivity index (χ1n) is 8.19. The molecule has 0 aliphatic heterocycles. The Morgan fingerprint density at radius 1 is 1.08 bits per heavy atom. The molecule has 0 aliphatic rings. The van der Waals surface area contributed by atoms with Crippen LogP contribution < -0.4 is 5.32 Å². The van der Waals surface area contributed by atoms with Gasteiger partial charge in [-0.15, -0.1) is 0 Å². The van der Waals surface area contributed by atoms with Crippen LogP contribution in [0.25, 0.3) is 0 Å². The molecule has 0 heterocycles. The lowest BCUT2D eigenvalue weighted by atomic mass is 10.0. The van der Waals surface area contributed by atoms with Gasteiger partial charge in [-0.2, -0.15) is 4.31 Å². The standard InChI is InChI=1S/C17H29N3O3S/c1-6-14-9-8-10-15(7-2)17(14)18-16(21)13-20(24(5,22)23)12-11-19(3)4/h8-10H,6-7,11-13H2,1-5H3,(H,18,21). The van der Waals surface area contributed by atoms with E-state index in [-0.39, 0.29) is 19.0 Å². The molecule has 0 saturated heterocycles. The fraction of sp³-hybridized carbons (Fsp3) is 0.588. The lowest BCUT2D eigenvalue weighted by Crippen LogP contribution is -2.41. The molecule has 6 nitrogen and oxygen atoms in total. The van der Waals surface area contributed by atoms with Gasteiger partial charge in [0, 0.05) is 18.8 Å². The number of anilines is 1. The number of rotatable bonds is 9. The summed E-state index contributed by atoms with van der Waals surface area (Å²) in [5, 5.41) is 2.91. The predicted octanol–water partition coefficient (Wildman–Crippen LogP) is 1.57. The molecule has 0 spiro atoms. The number of hydrogen-bond acceptors (Lipinski definition) is 4. The molecule has 24 heavy (non-hydrogen) atoms. The van der Waals surface area contributed by atoms with Crippen molar-refractivity contribution in [3.63, 3.8) is 0 Å². The number of amides is 1. The minimum Gasteiger partial charge on any atom is -0.324 e. The molecule has 1 rings (SSSR count). The van der Waals surface area contributed by atoms with Gasteiger partial charge in [0.2, 0.25) is 15.9 Å². The zero-order chi connectivity index (χ0) is 18.3. The third kappa shape index (κ3) is 6.22. The predicted molar refractivity (Wildman–Crippen MR) is 98.8 cm³/mol. The van der Waals surface area contributed by atoms with Crippen molar-refractivity contribution in [2.45, 2.75) is 26.7 Å². The topological polar surface area (TPSA) is 69.7 Å². The number of carbonyl (C=O) groups is 1. The summed E-state index contributed by atoms with van der Waals surface area (Å²) in [7, 11) is 0.300. The third-order valence-corrected chi connectivity index (χ3v) is 5.10. The number of para-hydroxylation sites is 1. The summed E-state index contributed by atoms with van der Waals surface area (Å²) in [4.78, 5) is 14.3. The Morgan fingerprint density at radius 3 is 2.04 bits per heavy atom. The van der Waals surface area contributed by atoms with E-state index in [9.17, 15) is 13.2 Å². The van der Waals surface area contributed by atoms with Gasteiger partial charge in [0.15, 0.2) is 0 Å². The fourth-order valence-electron chi connectivity index (χ4n) is 2.42. The highest BCUT2D eigenvalue weighted by molar-refractivity contribution is 7.88. The first kappa shape index (κ1) is 20.6. The van der Waals surface area contributed by atoms with E-state index in [2.05, 4.69) is 5.32 Å². The van der Waals surface area contributed by atoms with Gasteiger partial charge in [0.05, 0.1) is 12.8 Å². The van der Waals surface area contributed by atoms with Crippen LogP contribution in [0.3, 0.4) is 0 Å². The van der Waals surface area contributed by atoms with Crippen molar-refractivity contribution in [1.29, 1.82) is 0 Å². The Bertz CT molecular complexity index is 635. The van der Waals surface area contributed by atoms with Crippen molar-refractivity contribution in [3.05, 3.63) is 29.3 Å². The minimum atomic E-state index is -3.43. The Kier molecular flexibility index (Phi) is 7.86. The zero-order valence-corrected chi connectivity index (χ0v) is 16.1. The Balaban J connectivity index is 2.90. The molecular formula is C17H29N3O3S. The smallest absolute Gasteiger partial charge is 0.239 e. The molecule has 0 bridgehead atoms. The molecule has 1 aromatic carbocycles. The molecule has 0 saturated carbocycles. The summed E-state index contributed by atoms with van der Waals surface area (Å²) in [5.41, 5.74) is 2.93. The average molecular weight is 356 g/mol. The number of carbonyl (C=O) groups excluding carboxylic acids is 1. The van der Waals surface area contributed by atoms with Crippen molar-refractivity contribution in [3.8, 4) is 0 Å². The Morgan fingerprint density at radius 2 is 1.62 bits per heavy atom. The summed E-state index contributed by atoms with van der Waals surface area (Å²) in [6, 6.07) is 5.94. The lowest BCUT2D eigenvalue weighted by molar-refractivity contribution is -0.116. The van der Waals surface area contributed by atoms with E-state index < -0.39 is 10.0 Å². The van der Waals surface area contributed by atoms with Crippen LogP contribution in [-0.2, 0) is 27.7 Å². The molecule has 1 N–H and O–H groups in total. The van der Waals surface area contributed by atoms with Gasteiger partial charge in [-0.3, -0.25) is 4.79 Å². The maximum atomic E-state index is 12.4. The highest BCUT2D eigenvalue weighted by Gasteiger charge is 2.21. The van der Waals surface area contributed by atoms with E-state index in [1.165, 1.54) is 4.31 Å².